The lowest BCUT2D eigenvalue weighted by atomic mass is 10.0. The monoisotopic (exact) mass is 265 g/mol. The summed E-state index contributed by atoms with van der Waals surface area (Å²) in [7, 11) is 0. The highest BCUT2D eigenvalue weighted by molar-refractivity contribution is 6.10. The van der Waals surface area contributed by atoms with E-state index in [4.69, 9.17) is 15.0 Å². The zero-order chi connectivity index (χ0) is 14.5. The molecule has 0 aliphatic heterocycles. The molecule has 1 N–H and O–H groups in total. The summed E-state index contributed by atoms with van der Waals surface area (Å²) in [5, 5.41) is 24.7. The van der Waals surface area contributed by atoms with Crippen LogP contribution in [0.15, 0.2) is 33.9 Å². The standard InChI is InChI=1S/C14H11N5O/c1-9-14(10(2)20-19-9)11-3-5-12(6-4-11)17-18-13(7-15)8-16/h3-6,17H,1-2H3. The minimum Gasteiger partial charge on any atom is -0.361 e. The van der Waals surface area contributed by atoms with Gasteiger partial charge < -0.3 is 4.52 Å². The van der Waals surface area contributed by atoms with Crippen LogP contribution in [0, 0.1) is 36.5 Å². The minimum atomic E-state index is -0.222. The van der Waals surface area contributed by atoms with Crippen molar-refractivity contribution in [2.75, 3.05) is 5.43 Å². The molecule has 20 heavy (non-hydrogen) atoms. The van der Waals surface area contributed by atoms with Gasteiger partial charge in [-0.25, -0.2) is 0 Å². The van der Waals surface area contributed by atoms with E-state index in [9.17, 15) is 0 Å². The summed E-state index contributed by atoms with van der Waals surface area (Å²) in [5.74, 6) is 0.762. The number of nitriles is 2. The van der Waals surface area contributed by atoms with Gasteiger partial charge in [0.25, 0.3) is 0 Å². The number of nitrogens with one attached hydrogen (secondary N) is 1. The van der Waals surface area contributed by atoms with Gasteiger partial charge in [0, 0.05) is 5.56 Å². The number of anilines is 1. The van der Waals surface area contributed by atoms with E-state index in [1.165, 1.54) is 0 Å². The minimum absolute atomic E-state index is 0.222. The molecule has 98 valence electrons. The number of rotatable bonds is 3. The van der Waals surface area contributed by atoms with Crippen molar-refractivity contribution >= 4 is 11.4 Å². The van der Waals surface area contributed by atoms with E-state index in [0.29, 0.717) is 5.69 Å². The molecule has 6 heteroatoms. The molecule has 0 bridgehead atoms. The van der Waals surface area contributed by atoms with E-state index in [0.717, 1.165) is 22.6 Å². The second-order valence-corrected chi connectivity index (χ2v) is 4.07. The molecule has 2 rings (SSSR count). The van der Waals surface area contributed by atoms with Gasteiger partial charge in [0.2, 0.25) is 5.71 Å². The molecule has 6 nitrogen and oxygen atoms in total. The molecule has 0 atom stereocenters. The molecule has 0 aliphatic rings. The Kier molecular flexibility index (Phi) is 3.78. The van der Waals surface area contributed by atoms with Gasteiger partial charge in [-0.3, -0.25) is 5.43 Å². The molecule has 1 aromatic carbocycles. The van der Waals surface area contributed by atoms with Gasteiger partial charge >= 0.3 is 0 Å². The first-order valence-electron chi connectivity index (χ1n) is 5.83. The molecule has 0 fully saturated rings. The zero-order valence-electron chi connectivity index (χ0n) is 11.0. The summed E-state index contributed by atoms with van der Waals surface area (Å²) in [6.07, 6.45) is 0. The van der Waals surface area contributed by atoms with E-state index in [2.05, 4.69) is 15.7 Å². The second kappa shape index (κ2) is 5.68. The molecule has 0 amide bonds. The lowest BCUT2D eigenvalue weighted by molar-refractivity contribution is 0.393. The van der Waals surface area contributed by atoms with Crippen LogP contribution in [0.1, 0.15) is 11.5 Å². The third kappa shape index (κ3) is 2.65. The van der Waals surface area contributed by atoms with E-state index in [1.54, 1.807) is 24.3 Å². The average Bonchev–Trinajstić information content (AvgIpc) is 2.80. The molecular formula is C14H11N5O. The Morgan fingerprint density at radius 2 is 1.85 bits per heavy atom. The molecule has 1 heterocycles. The predicted octanol–water partition coefficient (Wildman–Crippen LogP) is 2.77. The van der Waals surface area contributed by atoms with Gasteiger partial charge in [-0.05, 0) is 31.5 Å². The van der Waals surface area contributed by atoms with Crippen LogP contribution in [-0.4, -0.2) is 10.9 Å². The summed E-state index contributed by atoms with van der Waals surface area (Å²) >= 11 is 0. The Morgan fingerprint density at radius 1 is 1.20 bits per heavy atom. The van der Waals surface area contributed by atoms with Gasteiger partial charge in [-0.15, -0.1) is 0 Å². The summed E-state index contributed by atoms with van der Waals surface area (Å²) in [6.45, 7) is 3.74. The molecule has 0 radical (unpaired) electrons. The number of aryl methyl sites for hydroxylation is 2. The molecule has 0 saturated heterocycles. The predicted molar refractivity (Wildman–Crippen MR) is 73.7 cm³/mol. The van der Waals surface area contributed by atoms with Gasteiger partial charge in [-0.1, -0.05) is 17.3 Å². The van der Waals surface area contributed by atoms with Crippen molar-refractivity contribution in [1.29, 1.82) is 10.5 Å². The number of hydrazone groups is 1. The van der Waals surface area contributed by atoms with Crippen molar-refractivity contribution in [2.24, 2.45) is 5.10 Å². The maximum absolute atomic E-state index is 8.57. The third-order valence-corrected chi connectivity index (χ3v) is 2.72. The molecule has 0 spiro atoms. The Bertz CT molecular complexity index is 693. The van der Waals surface area contributed by atoms with E-state index in [1.807, 2.05) is 26.0 Å². The maximum atomic E-state index is 8.57. The quantitative estimate of drug-likeness (QED) is 0.679. The van der Waals surface area contributed by atoms with Crippen LogP contribution in [0.3, 0.4) is 0 Å². The van der Waals surface area contributed by atoms with Gasteiger partial charge in [-0.2, -0.15) is 15.6 Å². The summed E-state index contributed by atoms with van der Waals surface area (Å²) in [6, 6.07) is 10.7. The van der Waals surface area contributed by atoms with Crippen molar-refractivity contribution in [3.63, 3.8) is 0 Å². The van der Waals surface area contributed by atoms with Crippen LogP contribution in [0.5, 0.6) is 0 Å². The smallest absolute Gasteiger partial charge is 0.237 e. The summed E-state index contributed by atoms with van der Waals surface area (Å²) < 4.78 is 5.13. The van der Waals surface area contributed by atoms with Crippen molar-refractivity contribution < 1.29 is 4.52 Å². The second-order valence-electron chi connectivity index (χ2n) is 4.07. The fourth-order valence-corrected chi connectivity index (χ4v) is 1.80. The van der Waals surface area contributed by atoms with Crippen LogP contribution in [0.25, 0.3) is 11.1 Å². The normalized spacial score (nSPS) is 9.40. The average molecular weight is 265 g/mol. The largest absolute Gasteiger partial charge is 0.361 e. The van der Waals surface area contributed by atoms with Gasteiger partial charge in [0.1, 0.15) is 17.9 Å². The van der Waals surface area contributed by atoms with Crippen molar-refractivity contribution in [3.8, 4) is 23.3 Å². The molecule has 2 aromatic rings. The summed E-state index contributed by atoms with van der Waals surface area (Å²) in [4.78, 5) is 0. The first kappa shape index (κ1) is 13.3. The van der Waals surface area contributed by atoms with Crippen molar-refractivity contribution in [3.05, 3.63) is 35.7 Å². The Hall–Kier alpha value is -3.12. The lowest BCUT2D eigenvalue weighted by Crippen LogP contribution is -1.96. The fourth-order valence-electron chi connectivity index (χ4n) is 1.80. The Labute approximate surface area is 115 Å². The van der Waals surface area contributed by atoms with Crippen molar-refractivity contribution in [2.45, 2.75) is 13.8 Å². The maximum Gasteiger partial charge on any atom is 0.237 e. The van der Waals surface area contributed by atoms with Gasteiger partial charge in [0.15, 0.2) is 0 Å². The molecule has 0 unspecified atom stereocenters. The van der Waals surface area contributed by atoms with Crippen LogP contribution < -0.4 is 5.43 Å². The number of hydrogen-bond acceptors (Lipinski definition) is 6. The SMILES string of the molecule is Cc1noc(C)c1-c1ccc(NN=C(C#N)C#N)cc1. The molecule has 0 saturated carbocycles. The van der Waals surface area contributed by atoms with Crippen LogP contribution in [-0.2, 0) is 0 Å². The van der Waals surface area contributed by atoms with E-state index < -0.39 is 0 Å². The fraction of sp³-hybridized carbons (Fsp3) is 0.143. The molecular weight excluding hydrogens is 254 g/mol. The number of aromatic nitrogens is 1. The van der Waals surface area contributed by atoms with Gasteiger partial charge in [0.05, 0.1) is 11.4 Å². The third-order valence-electron chi connectivity index (χ3n) is 2.72. The van der Waals surface area contributed by atoms with Crippen molar-refractivity contribution in [1.82, 2.24) is 5.16 Å². The highest BCUT2D eigenvalue weighted by Crippen LogP contribution is 2.27. The first-order valence-corrected chi connectivity index (χ1v) is 5.83. The van der Waals surface area contributed by atoms with Crippen LogP contribution >= 0.6 is 0 Å². The van der Waals surface area contributed by atoms with Crippen LogP contribution in [0.4, 0.5) is 5.69 Å². The number of hydrogen-bond donors (Lipinski definition) is 1. The van der Waals surface area contributed by atoms with Crippen LogP contribution in [0.2, 0.25) is 0 Å². The van der Waals surface area contributed by atoms with E-state index >= 15 is 0 Å². The Balaban J connectivity index is 2.22. The number of nitrogens with zero attached hydrogens (tertiary/aromatic N) is 4. The lowest BCUT2D eigenvalue weighted by Gasteiger charge is -2.03. The Morgan fingerprint density at radius 3 is 2.35 bits per heavy atom. The topological polar surface area (TPSA) is 98.0 Å². The van der Waals surface area contributed by atoms with E-state index in [-0.39, 0.29) is 5.71 Å². The highest BCUT2D eigenvalue weighted by atomic mass is 16.5. The zero-order valence-corrected chi connectivity index (χ0v) is 11.0. The summed E-state index contributed by atoms with van der Waals surface area (Å²) in [5.41, 5.74) is 5.89. The highest BCUT2D eigenvalue weighted by Gasteiger charge is 2.10. The molecule has 0 aliphatic carbocycles. The number of benzene rings is 1. The molecule has 1 aromatic heterocycles. The first-order chi connectivity index (χ1) is 9.65.